The highest BCUT2D eigenvalue weighted by molar-refractivity contribution is 6.36. The average Bonchev–Trinajstić information content (AvgIpc) is 2.87. The molecule has 0 bridgehead atoms. The van der Waals surface area contributed by atoms with Crippen molar-refractivity contribution in [1.82, 2.24) is 4.98 Å². The Morgan fingerprint density at radius 2 is 2.18 bits per heavy atom. The summed E-state index contributed by atoms with van der Waals surface area (Å²) < 4.78 is 0. The molecule has 0 aliphatic heterocycles. The fourth-order valence-electron chi connectivity index (χ4n) is 2.49. The van der Waals surface area contributed by atoms with Crippen LogP contribution < -0.4 is 0 Å². The molecule has 3 nitrogen and oxygen atoms in total. The van der Waals surface area contributed by atoms with E-state index in [0.29, 0.717) is 5.02 Å². The van der Waals surface area contributed by atoms with Gasteiger partial charge in [0.05, 0.1) is 11.4 Å². The maximum absolute atomic E-state index is 10.9. The second kappa shape index (κ2) is 3.50. The normalized spacial score (nSPS) is 17.2. The van der Waals surface area contributed by atoms with E-state index in [2.05, 4.69) is 4.98 Å². The molecule has 1 aromatic carbocycles. The van der Waals surface area contributed by atoms with Gasteiger partial charge in [-0.15, -0.1) is 0 Å². The van der Waals surface area contributed by atoms with Crippen LogP contribution in [0.2, 0.25) is 5.02 Å². The maximum Gasteiger partial charge on any atom is 0.304 e. The molecular formula is C13H12ClNO2. The third kappa shape index (κ3) is 1.62. The van der Waals surface area contributed by atoms with Crippen molar-refractivity contribution in [3.05, 3.63) is 35.0 Å². The zero-order chi connectivity index (χ0) is 12.0. The lowest BCUT2D eigenvalue weighted by Crippen LogP contribution is -2.13. The minimum absolute atomic E-state index is 0.169. The van der Waals surface area contributed by atoms with Gasteiger partial charge in [0.1, 0.15) is 0 Å². The van der Waals surface area contributed by atoms with Gasteiger partial charge in [0.2, 0.25) is 0 Å². The van der Waals surface area contributed by atoms with E-state index < -0.39 is 5.97 Å². The molecule has 0 unspecified atom stereocenters. The zero-order valence-corrected chi connectivity index (χ0v) is 9.92. The molecular weight excluding hydrogens is 238 g/mol. The second-order valence-corrected chi connectivity index (χ2v) is 5.09. The molecule has 0 amide bonds. The van der Waals surface area contributed by atoms with Crippen molar-refractivity contribution in [3.8, 4) is 0 Å². The number of aliphatic carboxylic acids is 1. The van der Waals surface area contributed by atoms with Crippen LogP contribution in [-0.4, -0.2) is 16.1 Å². The number of halogens is 1. The van der Waals surface area contributed by atoms with Gasteiger partial charge in [0.25, 0.3) is 0 Å². The lowest BCUT2D eigenvalue weighted by molar-refractivity contribution is -0.137. The Labute approximate surface area is 103 Å². The van der Waals surface area contributed by atoms with Crippen LogP contribution in [0.5, 0.6) is 0 Å². The smallest absolute Gasteiger partial charge is 0.304 e. The van der Waals surface area contributed by atoms with E-state index in [9.17, 15) is 4.79 Å². The molecule has 1 aromatic heterocycles. The lowest BCUT2D eigenvalue weighted by atomic mass is 9.91. The Bertz CT molecular complexity index is 598. The Morgan fingerprint density at radius 1 is 1.41 bits per heavy atom. The van der Waals surface area contributed by atoms with Gasteiger partial charge < -0.3 is 10.1 Å². The molecule has 1 heterocycles. The molecule has 1 aliphatic carbocycles. The number of hydrogen-bond acceptors (Lipinski definition) is 1. The summed E-state index contributed by atoms with van der Waals surface area (Å²) in [4.78, 5) is 14.0. The molecule has 1 saturated carbocycles. The van der Waals surface area contributed by atoms with E-state index in [0.717, 1.165) is 29.3 Å². The van der Waals surface area contributed by atoms with Crippen LogP contribution in [0, 0.1) is 0 Å². The van der Waals surface area contributed by atoms with Gasteiger partial charge in [-0.1, -0.05) is 17.7 Å². The minimum atomic E-state index is -0.757. The van der Waals surface area contributed by atoms with Crippen LogP contribution in [0.4, 0.5) is 0 Å². The van der Waals surface area contributed by atoms with Crippen molar-refractivity contribution in [2.45, 2.75) is 24.7 Å². The Hall–Kier alpha value is -1.48. The van der Waals surface area contributed by atoms with E-state index in [1.807, 2.05) is 24.4 Å². The average molecular weight is 250 g/mol. The van der Waals surface area contributed by atoms with Crippen molar-refractivity contribution >= 4 is 28.5 Å². The van der Waals surface area contributed by atoms with Crippen molar-refractivity contribution in [2.75, 3.05) is 0 Å². The van der Waals surface area contributed by atoms with Gasteiger partial charge in [0.15, 0.2) is 0 Å². The predicted molar refractivity (Wildman–Crippen MR) is 66.5 cm³/mol. The summed E-state index contributed by atoms with van der Waals surface area (Å²) in [6.45, 7) is 0. The van der Waals surface area contributed by atoms with Gasteiger partial charge in [-0.2, -0.15) is 0 Å². The molecule has 0 saturated heterocycles. The van der Waals surface area contributed by atoms with Gasteiger partial charge in [-0.05, 0) is 30.5 Å². The summed E-state index contributed by atoms with van der Waals surface area (Å²) in [5, 5.41) is 10.6. The number of aromatic nitrogens is 1. The number of hydrogen-bond donors (Lipinski definition) is 2. The van der Waals surface area contributed by atoms with Gasteiger partial charge in [-0.25, -0.2) is 0 Å². The van der Waals surface area contributed by atoms with Crippen molar-refractivity contribution in [3.63, 3.8) is 0 Å². The molecule has 0 atom stereocenters. The quantitative estimate of drug-likeness (QED) is 0.877. The number of H-pyrrole nitrogens is 1. The van der Waals surface area contributed by atoms with E-state index in [1.54, 1.807) is 0 Å². The van der Waals surface area contributed by atoms with Gasteiger partial charge in [-0.3, -0.25) is 4.79 Å². The lowest BCUT2D eigenvalue weighted by Gasteiger charge is -2.15. The first-order valence-electron chi connectivity index (χ1n) is 5.60. The Kier molecular flexibility index (Phi) is 2.20. The topological polar surface area (TPSA) is 53.1 Å². The van der Waals surface area contributed by atoms with Gasteiger partial charge in [0, 0.05) is 22.5 Å². The van der Waals surface area contributed by atoms with Crippen molar-refractivity contribution in [1.29, 1.82) is 0 Å². The number of rotatable bonds is 3. The van der Waals surface area contributed by atoms with Crippen LogP contribution in [0.15, 0.2) is 24.4 Å². The van der Waals surface area contributed by atoms with Crippen molar-refractivity contribution < 1.29 is 9.90 Å². The summed E-state index contributed by atoms with van der Waals surface area (Å²) in [5.41, 5.74) is 1.74. The number of carbonyl (C=O) groups is 1. The highest BCUT2D eigenvalue weighted by Gasteiger charge is 2.47. The molecule has 17 heavy (non-hydrogen) atoms. The third-order valence-corrected chi connectivity index (χ3v) is 3.99. The molecule has 2 aromatic rings. The second-order valence-electron chi connectivity index (χ2n) is 4.72. The standard InChI is InChI=1S/C13H12ClNO2/c14-12-8-3-6-15-10(8)2-1-9(12)13(4-5-13)7-11(16)17/h1-3,6,15H,4-5,7H2,(H,16,17). The molecule has 0 spiro atoms. The molecule has 1 fully saturated rings. The Balaban J connectivity index is 2.11. The van der Waals surface area contributed by atoms with Crippen LogP contribution >= 0.6 is 11.6 Å². The first-order valence-corrected chi connectivity index (χ1v) is 5.98. The summed E-state index contributed by atoms with van der Waals surface area (Å²) in [7, 11) is 0. The van der Waals surface area contributed by atoms with Crippen LogP contribution in [0.25, 0.3) is 10.9 Å². The first-order chi connectivity index (χ1) is 8.12. The zero-order valence-electron chi connectivity index (χ0n) is 9.16. The largest absolute Gasteiger partial charge is 0.481 e. The van der Waals surface area contributed by atoms with Crippen LogP contribution in [-0.2, 0) is 10.2 Å². The number of benzene rings is 1. The summed E-state index contributed by atoms with van der Waals surface area (Å²) in [5.74, 6) is -0.757. The third-order valence-electron chi connectivity index (χ3n) is 3.58. The first kappa shape index (κ1) is 10.7. The van der Waals surface area contributed by atoms with Crippen LogP contribution in [0.1, 0.15) is 24.8 Å². The van der Waals surface area contributed by atoms with E-state index in [4.69, 9.17) is 16.7 Å². The Morgan fingerprint density at radius 3 is 2.82 bits per heavy atom. The number of nitrogens with one attached hydrogen (secondary N) is 1. The molecule has 3 rings (SSSR count). The van der Waals surface area contributed by atoms with E-state index in [1.165, 1.54) is 0 Å². The summed E-state index contributed by atoms with van der Waals surface area (Å²) >= 11 is 6.38. The molecule has 2 N–H and O–H groups in total. The monoisotopic (exact) mass is 249 g/mol. The summed E-state index contributed by atoms with van der Waals surface area (Å²) in [6, 6.07) is 5.85. The van der Waals surface area contributed by atoms with Crippen LogP contribution in [0.3, 0.4) is 0 Å². The van der Waals surface area contributed by atoms with Crippen molar-refractivity contribution in [2.24, 2.45) is 0 Å². The maximum atomic E-state index is 10.9. The highest BCUT2D eigenvalue weighted by Crippen LogP contribution is 2.53. The number of fused-ring (bicyclic) bond motifs is 1. The van der Waals surface area contributed by atoms with E-state index in [-0.39, 0.29) is 11.8 Å². The molecule has 1 aliphatic rings. The van der Waals surface area contributed by atoms with E-state index >= 15 is 0 Å². The number of aromatic amines is 1. The SMILES string of the molecule is O=C(O)CC1(c2ccc3[nH]ccc3c2Cl)CC1. The fraction of sp³-hybridized carbons (Fsp3) is 0.308. The predicted octanol–water partition coefficient (Wildman–Crippen LogP) is 3.33. The number of carboxylic acids is 1. The molecule has 88 valence electrons. The fourth-order valence-corrected chi connectivity index (χ4v) is 2.92. The number of carboxylic acid groups (broad SMARTS) is 1. The van der Waals surface area contributed by atoms with Gasteiger partial charge >= 0.3 is 5.97 Å². The highest BCUT2D eigenvalue weighted by atomic mass is 35.5. The molecule has 4 heteroatoms. The summed E-state index contributed by atoms with van der Waals surface area (Å²) in [6.07, 6.45) is 3.84. The molecule has 0 radical (unpaired) electrons. The minimum Gasteiger partial charge on any atom is -0.481 e.